The minimum atomic E-state index is -0.608. The van der Waals surface area contributed by atoms with E-state index in [0.717, 1.165) is 6.07 Å². The van der Waals surface area contributed by atoms with Crippen LogP contribution in [0.2, 0.25) is 10.0 Å². The molecule has 8 heteroatoms. The maximum Gasteiger partial charge on any atom is 0.294 e. The largest absolute Gasteiger partial charge is 0.376 e. The Morgan fingerprint density at radius 2 is 2.00 bits per heavy atom. The normalized spacial score (nSPS) is 9.73. The summed E-state index contributed by atoms with van der Waals surface area (Å²) in [6.45, 7) is 0. The molecule has 0 bridgehead atoms. The summed E-state index contributed by atoms with van der Waals surface area (Å²) in [6, 6.07) is 2.42. The molecule has 0 aliphatic heterocycles. The fraction of sp³-hybridized carbons (Fsp3) is 0. The molecule has 0 fully saturated rings. The van der Waals surface area contributed by atoms with Crippen LogP contribution in [0.25, 0.3) is 0 Å². The standard InChI is InChI=1S/C7H5Cl2N3O2S/c8-3-1-5(11-7(10)15)6(12(13)14)2-4(3)9/h1-2H,(H3,10,11,15). The first-order valence-electron chi connectivity index (χ1n) is 3.61. The van der Waals surface area contributed by atoms with Crippen molar-refractivity contribution in [1.82, 2.24) is 0 Å². The van der Waals surface area contributed by atoms with E-state index in [1.165, 1.54) is 6.07 Å². The number of nitro benzene ring substituents is 1. The van der Waals surface area contributed by atoms with Gasteiger partial charge in [-0.3, -0.25) is 10.1 Å². The summed E-state index contributed by atoms with van der Waals surface area (Å²) in [5, 5.41) is 13.3. The quantitative estimate of drug-likeness (QED) is 0.488. The summed E-state index contributed by atoms with van der Waals surface area (Å²) in [5.74, 6) is 0. The van der Waals surface area contributed by atoms with Crippen molar-refractivity contribution in [2.45, 2.75) is 0 Å². The summed E-state index contributed by atoms with van der Waals surface area (Å²) >= 11 is 15.9. The molecular formula is C7H5Cl2N3O2S. The third-order valence-electron chi connectivity index (χ3n) is 1.49. The Hall–Kier alpha value is -1.11. The summed E-state index contributed by atoms with van der Waals surface area (Å²) in [5.41, 5.74) is 5.08. The van der Waals surface area contributed by atoms with E-state index in [9.17, 15) is 10.1 Å². The van der Waals surface area contributed by atoms with Gasteiger partial charge in [-0.05, 0) is 18.3 Å². The molecule has 0 unspecified atom stereocenters. The highest BCUT2D eigenvalue weighted by atomic mass is 35.5. The Morgan fingerprint density at radius 1 is 1.47 bits per heavy atom. The number of nitro groups is 1. The lowest BCUT2D eigenvalue weighted by Gasteiger charge is -2.06. The smallest absolute Gasteiger partial charge is 0.294 e. The molecule has 0 atom stereocenters. The van der Waals surface area contributed by atoms with E-state index in [1.807, 2.05) is 0 Å². The Morgan fingerprint density at radius 3 is 2.47 bits per heavy atom. The van der Waals surface area contributed by atoms with Crippen LogP contribution in [-0.4, -0.2) is 10.0 Å². The Balaban J connectivity index is 3.28. The molecule has 3 N–H and O–H groups in total. The van der Waals surface area contributed by atoms with E-state index < -0.39 is 4.92 Å². The molecule has 0 saturated carbocycles. The molecule has 0 aromatic heterocycles. The first kappa shape index (κ1) is 12.0. The predicted molar refractivity (Wildman–Crippen MR) is 63.5 cm³/mol. The summed E-state index contributed by atoms with van der Waals surface area (Å²) in [4.78, 5) is 10.0. The topological polar surface area (TPSA) is 81.2 Å². The van der Waals surface area contributed by atoms with Crippen LogP contribution in [0, 0.1) is 10.1 Å². The highest BCUT2D eigenvalue weighted by molar-refractivity contribution is 7.80. The number of rotatable bonds is 2. The average Bonchev–Trinajstić information content (AvgIpc) is 2.09. The van der Waals surface area contributed by atoms with Crippen LogP contribution in [0.1, 0.15) is 0 Å². The third-order valence-corrected chi connectivity index (χ3v) is 2.32. The molecule has 15 heavy (non-hydrogen) atoms. The second-order valence-electron chi connectivity index (χ2n) is 2.53. The molecule has 0 radical (unpaired) electrons. The fourth-order valence-electron chi connectivity index (χ4n) is 0.920. The maximum absolute atomic E-state index is 10.6. The number of thiocarbonyl (C=S) groups is 1. The first-order chi connectivity index (χ1) is 6.91. The monoisotopic (exact) mass is 265 g/mol. The highest BCUT2D eigenvalue weighted by Gasteiger charge is 2.17. The van der Waals surface area contributed by atoms with Gasteiger partial charge in [0.1, 0.15) is 5.69 Å². The van der Waals surface area contributed by atoms with Gasteiger partial charge in [0.15, 0.2) is 5.11 Å². The molecule has 80 valence electrons. The number of nitrogens with two attached hydrogens (primary N) is 1. The molecule has 1 rings (SSSR count). The molecular weight excluding hydrogens is 261 g/mol. The SMILES string of the molecule is NC(=S)Nc1cc(Cl)c(Cl)cc1[N+](=O)[O-]. The number of hydrogen-bond donors (Lipinski definition) is 2. The number of halogens is 2. The third kappa shape index (κ3) is 2.92. The molecule has 1 aromatic rings. The van der Waals surface area contributed by atoms with Crippen molar-refractivity contribution in [3.8, 4) is 0 Å². The van der Waals surface area contributed by atoms with Gasteiger partial charge in [0.25, 0.3) is 5.69 Å². The number of nitrogens with zero attached hydrogens (tertiary/aromatic N) is 1. The zero-order valence-corrected chi connectivity index (χ0v) is 9.49. The van der Waals surface area contributed by atoms with Gasteiger partial charge in [-0.25, -0.2) is 0 Å². The van der Waals surface area contributed by atoms with Gasteiger partial charge < -0.3 is 11.1 Å². The van der Waals surface area contributed by atoms with Gasteiger partial charge in [0, 0.05) is 6.07 Å². The second kappa shape index (κ2) is 4.61. The number of hydrogen-bond acceptors (Lipinski definition) is 3. The molecule has 5 nitrogen and oxygen atoms in total. The molecule has 0 spiro atoms. The average molecular weight is 266 g/mol. The predicted octanol–water partition coefficient (Wildman–Crippen LogP) is 2.56. The minimum Gasteiger partial charge on any atom is -0.376 e. The fourth-order valence-corrected chi connectivity index (χ4v) is 1.35. The van der Waals surface area contributed by atoms with Gasteiger partial charge in [-0.2, -0.15) is 0 Å². The van der Waals surface area contributed by atoms with Gasteiger partial charge in [0.2, 0.25) is 0 Å². The van der Waals surface area contributed by atoms with Crippen molar-refractivity contribution in [3.05, 3.63) is 32.3 Å². The molecule has 0 amide bonds. The maximum atomic E-state index is 10.6. The van der Waals surface area contributed by atoms with E-state index in [0.29, 0.717) is 0 Å². The van der Waals surface area contributed by atoms with Crippen molar-refractivity contribution in [2.75, 3.05) is 5.32 Å². The lowest BCUT2D eigenvalue weighted by atomic mass is 10.2. The van der Waals surface area contributed by atoms with Crippen molar-refractivity contribution in [3.63, 3.8) is 0 Å². The van der Waals surface area contributed by atoms with Gasteiger partial charge in [-0.15, -0.1) is 0 Å². The van der Waals surface area contributed by atoms with Crippen molar-refractivity contribution < 1.29 is 4.92 Å². The Labute approximate surface area is 100 Å². The summed E-state index contributed by atoms with van der Waals surface area (Å²) in [7, 11) is 0. The van der Waals surface area contributed by atoms with E-state index >= 15 is 0 Å². The molecule has 0 saturated heterocycles. The van der Waals surface area contributed by atoms with Crippen molar-refractivity contribution >= 4 is 51.9 Å². The molecule has 1 aromatic carbocycles. The molecule has 0 aliphatic carbocycles. The van der Waals surface area contributed by atoms with Crippen LogP contribution in [0.4, 0.5) is 11.4 Å². The lowest BCUT2D eigenvalue weighted by molar-refractivity contribution is -0.383. The minimum absolute atomic E-state index is 0.0866. The first-order valence-corrected chi connectivity index (χ1v) is 4.78. The zero-order chi connectivity index (χ0) is 11.6. The summed E-state index contributed by atoms with van der Waals surface area (Å²) < 4.78 is 0. The van der Waals surface area contributed by atoms with Crippen molar-refractivity contribution in [2.24, 2.45) is 5.73 Å². The highest BCUT2D eigenvalue weighted by Crippen LogP contribution is 2.33. The van der Waals surface area contributed by atoms with Gasteiger partial charge in [0.05, 0.1) is 15.0 Å². The van der Waals surface area contributed by atoms with Crippen LogP contribution in [-0.2, 0) is 0 Å². The number of anilines is 1. The number of benzene rings is 1. The van der Waals surface area contributed by atoms with Crippen LogP contribution < -0.4 is 11.1 Å². The zero-order valence-electron chi connectivity index (χ0n) is 7.16. The number of nitrogens with one attached hydrogen (secondary N) is 1. The van der Waals surface area contributed by atoms with Crippen LogP contribution in [0.15, 0.2) is 12.1 Å². The van der Waals surface area contributed by atoms with Crippen LogP contribution >= 0.6 is 35.4 Å². The molecule has 0 aliphatic rings. The summed E-state index contributed by atoms with van der Waals surface area (Å²) in [6.07, 6.45) is 0. The van der Waals surface area contributed by atoms with E-state index in [1.54, 1.807) is 0 Å². The van der Waals surface area contributed by atoms with E-state index in [2.05, 4.69) is 17.5 Å². The van der Waals surface area contributed by atoms with E-state index in [4.69, 9.17) is 28.9 Å². The van der Waals surface area contributed by atoms with E-state index in [-0.39, 0.29) is 26.5 Å². The van der Waals surface area contributed by atoms with Crippen LogP contribution in [0.5, 0.6) is 0 Å². The Bertz CT molecular complexity index is 438. The van der Waals surface area contributed by atoms with Crippen molar-refractivity contribution in [1.29, 1.82) is 0 Å². The second-order valence-corrected chi connectivity index (χ2v) is 3.78. The Kier molecular flexibility index (Phi) is 3.67. The lowest BCUT2D eigenvalue weighted by Crippen LogP contribution is -2.19. The molecule has 0 heterocycles. The van der Waals surface area contributed by atoms with Crippen LogP contribution in [0.3, 0.4) is 0 Å². The van der Waals surface area contributed by atoms with Gasteiger partial charge in [-0.1, -0.05) is 23.2 Å². The van der Waals surface area contributed by atoms with Gasteiger partial charge >= 0.3 is 0 Å².